The van der Waals surface area contributed by atoms with Gasteiger partial charge in [0, 0.05) is 45.1 Å². The molecule has 132 valence electrons. The van der Waals surface area contributed by atoms with Crippen LogP contribution in [0.5, 0.6) is 0 Å². The Bertz CT molecular complexity index is 558. The van der Waals surface area contributed by atoms with Crippen LogP contribution in [0.25, 0.3) is 0 Å². The van der Waals surface area contributed by atoms with Crippen LogP contribution in [0.15, 0.2) is 24.3 Å². The molecule has 6 heteroatoms. The van der Waals surface area contributed by atoms with Crippen LogP contribution in [-0.4, -0.2) is 45.3 Å². The number of carbonyl (C=O) groups is 1. The Balaban J connectivity index is 1.50. The number of nitrogens with one attached hydrogen (secondary N) is 1. The molecule has 2 fully saturated rings. The highest BCUT2D eigenvalue weighted by Gasteiger charge is 2.39. The molecule has 0 aliphatic carbocycles. The third-order valence-electron chi connectivity index (χ3n) is 5.35. The maximum atomic E-state index is 13.0. The second-order valence-electron chi connectivity index (χ2n) is 6.88. The van der Waals surface area contributed by atoms with E-state index in [9.17, 15) is 9.18 Å². The number of nitrogens with two attached hydrogens (primary N) is 1. The molecule has 0 spiro atoms. The minimum Gasteiger partial charge on any atom is -0.381 e. The number of carbonyl (C=O) groups excluding carboxylic acids is 1. The van der Waals surface area contributed by atoms with Crippen molar-refractivity contribution in [1.82, 2.24) is 5.32 Å². The average Bonchev–Trinajstić information content (AvgIpc) is 3.10. The zero-order valence-corrected chi connectivity index (χ0v) is 14.0. The van der Waals surface area contributed by atoms with Crippen LogP contribution in [0.1, 0.15) is 19.3 Å². The van der Waals surface area contributed by atoms with Gasteiger partial charge in [0.15, 0.2) is 0 Å². The largest absolute Gasteiger partial charge is 0.381 e. The van der Waals surface area contributed by atoms with Crippen LogP contribution in [0.2, 0.25) is 0 Å². The van der Waals surface area contributed by atoms with E-state index in [0.717, 1.165) is 25.2 Å². The maximum absolute atomic E-state index is 13.0. The van der Waals surface area contributed by atoms with Gasteiger partial charge in [0.1, 0.15) is 5.82 Å². The van der Waals surface area contributed by atoms with Gasteiger partial charge in [-0.3, -0.25) is 4.79 Å². The van der Waals surface area contributed by atoms with Crippen LogP contribution < -0.4 is 16.0 Å². The van der Waals surface area contributed by atoms with Gasteiger partial charge in [-0.1, -0.05) is 0 Å². The first-order chi connectivity index (χ1) is 11.6. The Hall–Kier alpha value is -1.66. The Morgan fingerprint density at radius 2 is 2.04 bits per heavy atom. The molecular weight excluding hydrogens is 309 g/mol. The van der Waals surface area contributed by atoms with Crippen molar-refractivity contribution in [3.8, 4) is 0 Å². The SMILES string of the molecule is NCC1(C(=O)NCC2CCN(c3ccc(F)cc3)C2)CCOCC1. The molecule has 5 nitrogen and oxygen atoms in total. The van der Waals surface area contributed by atoms with Gasteiger partial charge in [0.2, 0.25) is 5.91 Å². The van der Waals surface area contributed by atoms with Crippen molar-refractivity contribution in [3.63, 3.8) is 0 Å². The molecule has 1 atom stereocenters. The molecule has 2 heterocycles. The van der Waals surface area contributed by atoms with Crippen LogP contribution in [0.4, 0.5) is 10.1 Å². The van der Waals surface area contributed by atoms with Crippen LogP contribution >= 0.6 is 0 Å². The van der Waals surface area contributed by atoms with Crippen LogP contribution in [0, 0.1) is 17.2 Å². The molecule has 0 bridgehead atoms. The van der Waals surface area contributed by atoms with Gasteiger partial charge in [-0.15, -0.1) is 0 Å². The molecule has 24 heavy (non-hydrogen) atoms. The van der Waals surface area contributed by atoms with Gasteiger partial charge in [-0.05, 0) is 49.4 Å². The number of ether oxygens (including phenoxy) is 1. The summed E-state index contributed by atoms with van der Waals surface area (Å²) >= 11 is 0. The van der Waals surface area contributed by atoms with E-state index >= 15 is 0 Å². The van der Waals surface area contributed by atoms with E-state index < -0.39 is 5.41 Å². The molecule has 2 aliphatic heterocycles. The summed E-state index contributed by atoms with van der Waals surface area (Å²) in [5.41, 5.74) is 6.45. The van der Waals surface area contributed by atoms with Crippen molar-refractivity contribution in [2.45, 2.75) is 19.3 Å². The van der Waals surface area contributed by atoms with Crippen molar-refractivity contribution >= 4 is 11.6 Å². The molecule has 2 aliphatic rings. The lowest BCUT2D eigenvalue weighted by atomic mass is 9.79. The van der Waals surface area contributed by atoms with Crippen molar-refractivity contribution in [2.75, 3.05) is 44.3 Å². The van der Waals surface area contributed by atoms with Gasteiger partial charge in [-0.25, -0.2) is 4.39 Å². The van der Waals surface area contributed by atoms with Crippen molar-refractivity contribution in [3.05, 3.63) is 30.1 Å². The van der Waals surface area contributed by atoms with Gasteiger partial charge in [-0.2, -0.15) is 0 Å². The predicted molar refractivity (Wildman–Crippen MR) is 91.3 cm³/mol. The Labute approximate surface area is 142 Å². The number of hydrogen-bond acceptors (Lipinski definition) is 4. The molecule has 1 unspecified atom stereocenters. The summed E-state index contributed by atoms with van der Waals surface area (Å²) in [6.45, 7) is 4.05. The number of halogens is 1. The fourth-order valence-corrected chi connectivity index (χ4v) is 3.60. The van der Waals surface area contributed by atoms with Crippen molar-refractivity contribution < 1.29 is 13.9 Å². The minimum absolute atomic E-state index is 0.0635. The summed E-state index contributed by atoms with van der Waals surface area (Å²) in [5.74, 6) is 0.257. The fraction of sp³-hybridized carbons (Fsp3) is 0.611. The van der Waals surface area contributed by atoms with E-state index in [1.807, 2.05) is 12.1 Å². The zero-order valence-electron chi connectivity index (χ0n) is 14.0. The van der Waals surface area contributed by atoms with Gasteiger partial charge >= 0.3 is 0 Å². The first kappa shape index (κ1) is 17.2. The molecule has 2 saturated heterocycles. The predicted octanol–water partition coefficient (Wildman–Crippen LogP) is 1.52. The second kappa shape index (κ2) is 7.49. The van der Waals surface area contributed by atoms with Gasteiger partial charge < -0.3 is 20.7 Å². The summed E-state index contributed by atoms with van der Waals surface area (Å²) in [7, 11) is 0. The quantitative estimate of drug-likeness (QED) is 0.856. The highest BCUT2D eigenvalue weighted by atomic mass is 19.1. The second-order valence-corrected chi connectivity index (χ2v) is 6.88. The number of hydrogen-bond donors (Lipinski definition) is 2. The third-order valence-corrected chi connectivity index (χ3v) is 5.35. The standard InChI is InChI=1S/C18H26FN3O2/c19-15-1-3-16(4-2-15)22-8-5-14(12-22)11-21-17(23)18(13-20)6-9-24-10-7-18/h1-4,14H,5-13,20H2,(H,21,23). The van der Waals surface area contributed by atoms with Crippen LogP contribution in [0.3, 0.4) is 0 Å². The van der Waals surface area contributed by atoms with Crippen molar-refractivity contribution in [1.29, 1.82) is 0 Å². The minimum atomic E-state index is -0.465. The van der Waals surface area contributed by atoms with E-state index in [1.54, 1.807) is 0 Å². The number of rotatable bonds is 5. The average molecular weight is 335 g/mol. The molecular formula is C18H26FN3O2. The summed E-state index contributed by atoms with van der Waals surface area (Å²) in [6.07, 6.45) is 2.42. The Morgan fingerprint density at radius 3 is 2.71 bits per heavy atom. The van der Waals surface area contributed by atoms with Crippen LogP contribution in [-0.2, 0) is 9.53 Å². The molecule has 0 saturated carbocycles. The number of anilines is 1. The lowest BCUT2D eigenvalue weighted by molar-refractivity contribution is -0.136. The smallest absolute Gasteiger partial charge is 0.227 e. The highest BCUT2D eigenvalue weighted by Crippen LogP contribution is 2.30. The fourth-order valence-electron chi connectivity index (χ4n) is 3.60. The number of amides is 1. The summed E-state index contributed by atoms with van der Waals surface area (Å²) in [4.78, 5) is 14.8. The molecule has 1 aromatic carbocycles. The van der Waals surface area contributed by atoms with E-state index in [4.69, 9.17) is 10.5 Å². The Kier molecular flexibility index (Phi) is 5.36. The van der Waals surface area contributed by atoms with E-state index in [-0.39, 0.29) is 11.7 Å². The van der Waals surface area contributed by atoms with Crippen molar-refractivity contribution in [2.24, 2.45) is 17.1 Å². The molecule has 3 rings (SSSR count). The summed E-state index contributed by atoms with van der Waals surface area (Å²) < 4.78 is 18.4. The number of nitrogens with zero attached hydrogens (tertiary/aromatic N) is 1. The summed E-state index contributed by atoms with van der Waals surface area (Å²) in [6, 6.07) is 6.59. The zero-order chi connectivity index (χ0) is 17.0. The van der Waals surface area contributed by atoms with Gasteiger partial charge in [0.25, 0.3) is 0 Å². The van der Waals surface area contributed by atoms with E-state index in [0.29, 0.717) is 45.1 Å². The third kappa shape index (κ3) is 3.70. The molecule has 0 radical (unpaired) electrons. The Morgan fingerprint density at radius 1 is 1.33 bits per heavy atom. The molecule has 1 amide bonds. The number of benzene rings is 1. The lowest BCUT2D eigenvalue weighted by Gasteiger charge is -2.34. The highest BCUT2D eigenvalue weighted by molar-refractivity contribution is 5.83. The molecule has 1 aromatic rings. The monoisotopic (exact) mass is 335 g/mol. The van der Waals surface area contributed by atoms with E-state index in [1.165, 1.54) is 12.1 Å². The first-order valence-corrected chi connectivity index (χ1v) is 8.70. The van der Waals surface area contributed by atoms with E-state index in [2.05, 4.69) is 10.2 Å². The molecule has 0 aromatic heterocycles. The maximum Gasteiger partial charge on any atom is 0.227 e. The lowest BCUT2D eigenvalue weighted by Crippen LogP contribution is -2.50. The molecule has 3 N–H and O–H groups in total. The topological polar surface area (TPSA) is 67.6 Å². The first-order valence-electron chi connectivity index (χ1n) is 8.70. The summed E-state index contributed by atoms with van der Waals surface area (Å²) in [5, 5.41) is 3.11. The normalized spacial score (nSPS) is 23.2. The van der Waals surface area contributed by atoms with Gasteiger partial charge in [0.05, 0.1) is 5.41 Å².